The van der Waals surface area contributed by atoms with Crippen molar-refractivity contribution in [2.24, 2.45) is 0 Å². The Morgan fingerprint density at radius 3 is 0.800 bits per heavy atom. The van der Waals surface area contributed by atoms with E-state index in [1.54, 1.807) is 21.1 Å². The number of hydrogen-bond acceptors (Lipinski definition) is 5. The highest BCUT2D eigenvalue weighted by molar-refractivity contribution is 4.47. The summed E-state index contributed by atoms with van der Waals surface area (Å²) < 4.78 is 24.1. The zero-order chi connectivity index (χ0) is 12.5. The molecule has 0 bridgehead atoms. The fraction of sp³-hybridized carbons (Fsp3) is 1.00. The van der Waals surface area contributed by atoms with Gasteiger partial charge < -0.3 is 23.7 Å². The second kappa shape index (κ2) is 8.01. The van der Waals surface area contributed by atoms with E-state index in [1.807, 2.05) is 13.8 Å². The summed E-state index contributed by atoms with van der Waals surface area (Å²) in [6, 6.07) is 0. The first-order valence-corrected chi connectivity index (χ1v) is 4.56. The van der Waals surface area contributed by atoms with E-state index in [4.69, 9.17) is 23.7 Å². The van der Waals surface area contributed by atoms with Crippen molar-refractivity contribution < 1.29 is 23.7 Å². The Kier molecular flexibility index (Phi) is 9.19. The first-order chi connectivity index (χ1) is 6.80. The molecule has 0 fully saturated rings. The van der Waals surface area contributed by atoms with Crippen LogP contribution in [0.5, 0.6) is 0 Å². The summed E-state index contributed by atoms with van der Waals surface area (Å²) in [5, 5.41) is 0. The number of methoxy groups -OCH3 is 5. The maximum Gasteiger partial charge on any atom is 0.279 e. The monoisotopic (exact) mass is 224 g/mol. The average molecular weight is 224 g/mol. The Balaban J connectivity index is 0. The van der Waals surface area contributed by atoms with Crippen LogP contribution in [0.2, 0.25) is 0 Å². The molecule has 0 saturated heterocycles. The van der Waals surface area contributed by atoms with Gasteiger partial charge in [0, 0.05) is 42.5 Å². The standard InChI is InChI=1S/C5H12O3.C5H12O2/c1-5(6-2,7-3)8-4;1-5(2,6-3)7-4/h1-4H3;1-4H3. The molecule has 94 valence electrons. The zero-order valence-electron chi connectivity index (χ0n) is 11.0. The summed E-state index contributed by atoms with van der Waals surface area (Å²) in [6.45, 7) is 5.40. The van der Waals surface area contributed by atoms with E-state index in [0.717, 1.165) is 0 Å². The van der Waals surface area contributed by atoms with Gasteiger partial charge in [-0.1, -0.05) is 0 Å². The molecule has 0 unspecified atom stereocenters. The molecule has 0 radical (unpaired) electrons. The molecule has 0 aliphatic rings. The molecule has 0 amide bonds. The number of hydrogen-bond donors (Lipinski definition) is 0. The van der Waals surface area contributed by atoms with Gasteiger partial charge in [0.1, 0.15) is 0 Å². The summed E-state index contributed by atoms with van der Waals surface area (Å²) >= 11 is 0. The third kappa shape index (κ3) is 8.77. The zero-order valence-corrected chi connectivity index (χ0v) is 11.0. The van der Waals surface area contributed by atoms with E-state index in [-0.39, 0.29) is 0 Å². The van der Waals surface area contributed by atoms with Crippen molar-refractivity contribution in [1.82, 2.24) is 0 Å². The predicted molar refractivity (Wildman–Crippen MR) is 57.5 cm³/mol. The van der Waals surface area contributed by atoms with E-state index in [9.17, 15) is 0 Å². The third-order valence-corrected chi connectivity index (χ3v) is 2.10. The SMILES string of the molecule is COC(C)(C)OC.COC(C)(OC)OC. The molecule has 0 aliphatic carbocycles. The molecule has 0 saturated carbocycles. The Labute approximate surface area is 92.6 Å². The summed E-state index contributed by atoms with van der Waals surface area (Å²) in [5.74, 6) is -1.29. The average Bonchev–Trinajstić information content (AvgIpc) is 2.29. The first-order valence-electron chi connectivity index (χ1n) is 4.56. The van der Waals surface area contributed by atoms with Crippen LogP contribution in [0.3, 0.4) is 0 Å². The second-order valence-corrected chi connectivity index (χ2v) is 3.28. The molecular formula is C10H24O5. The molecule has 0 aliphatic heterocycles. The van der Waals surface area contributed by atoms with Gasteiger partial charge in [0.25, 0.3) is 5.97 Å². The second-order valence-electron chi connectivity index (χ2n) is 3.28. The Morgan fingerprint density at radius 2 is 0.800 bits per heavy atom. The largest absolute Gasteiger partial charge is 0.354 e. The van der Waals surface area contributed by atoms with Gasteiger partial charge in [0.2, 0.25) is 0 Å². The van der Waals surface area contributed by atoms with Crippen LogP contribution in [0.4, 0.5) is 0 Å². The quantitative estimate of drug-likeness (QED) is 0.664. The lowest BCUT2D eigenvalue weighted by molar-refractivity contribution is -0.340. The van der Waals surface area contributed by atoms with Gasteiger partial charge in [-0.2, -0.15) is 0 Å². The molecule has 0 aromatic rings. The normalized spacial score (nSPS) is 12.0. The molecule has 15 heavy (non-hydrogen) atoms. The Morgan fingerprint density at radius 1 is 0.533 bits per heavy atom. The number of rotatable bonds is 5. The van der Waals surface area contributed by atoms with Crippen molar-refractivity contribution in [2.45, 2.75) is 32.5 Å². The van der Waals surface area contributed by atoms with Crippen molar-refractivity contribution in [3.05, 3.63) is 0 Å². The molecule has 0 heterocycles. The van der Waals surface area contributed by atoms with E-state index in [2.05, 4.69) is 0 Å². The maximum atomic E-state index is 4.86. The molecule has 0 aromatic heterocycles. The van der Waals surface area contributed by atoms with E-state index < -0.39 is 11.8 Å². The van der Waals surface area contributed by atoms with E-state index >= 15 is 0 Å². The highest BCUT2D eigenvalue weighted by Gasteiger charge is 2.20. The van der Waals surface area contributed by atoms with E-state index in [1.165, 1.54) is 21.3 Å². The molecular weight excluding hydrogens is 200 g/mol. The minimum Gasteiger partial charge on any atom is -0.354 e. The predicted octanol–water partition coefficient (Wildman–Crippen LogP) is 1.61. The van der Waals surface area contributed by atoms with Gasteiger partial charge in [-0.3, -0.25) is 0 Å². The van der Waals surface area contributed by atoms with Crippen LogP contribution < -0.4 is 0 Å². The fourth-order valence-electron chi connectivity index (χ4n) is 0.333. The van der Waals surface area contributed by atoms with Crippen molar-refractivity contribution in [3.8, 4) is 0 Å². The van der Waals surface area contributed by atoms with Gasteiger partial charge in [-0.05, 0) is 13.8 Å². The highest BCUT2D eigenvalue weighted by Crippen LogP contribution is 2.08. The van der Waals surface area contributed by atoms with Gasteiger partial charge in [-0.15, -0.1) is 0 Å². The lowest BCUT2D eigenvalue weighted by Crippen LogP contribution is -2.31. The summed E-state index contributed by atoms with van der Waals surface area (Å²) in [7, 11) is 7.79. The smallest absolute Gasteiger partial charge is 0.279 e. The molecule has 0 atom stereocenters. The number of ether oxygens (including phenoxy) is 5. The highest BCUT2D eigenvalue weighted by atomic mass is 16.9. The molecule has 0 N–H and O–H groups in total. The molecule has 0 aromatic carbocycles. The van der Waals surface area contributed by atoms with Gasteiger partial charge in [0.05, 0.1) is 0 Å². The fourth-order valence-corrected chi connectivity index (χ4v) is 0.333. The van der Waals surface area contributed by atoms with Gasteiger partial charge in [0.15, 0.2) is 5.79 Å². The van der Waals surface area contributed by atoms with Gasteiger partial charge in [-0.25, -0.2) is 0 Å². The minimum absolute atomic E-state index is 0.417. The van der Waals surface area contributed by atoms with Crippen molar-refractivity contribution >= 4 is 0 Å². The third-order valence-electron chi connectivity index (χ3n) is 2.10. The summed E-state index contributed by atoms with van der Waals surface area (Å²) in [4.78, 5) is 0. The minimum atomic E-state index is -0.875. The van der Waals surface area contributed by atoms with Crippen molar-refractivity contribution in [3.63, 3.8) is 0 Å². The summed E-state index contributed by atoms with van der Waals surface area (Å²) in [6.07, 6.45) is 0. The van der Waals surface area contributed by atoms with Crippen LogP contribution in [-0.4, -0.2) is 47.3 Å². The lowest BCUT2D eigenvalue weighted by Gasteiger charge is -2.23. The van der Waals surface area contributed by atoms with Gasteiger partial charge >= 0.3 is 0 Å². The molecule has 5 nitrogen and oxygen atoms in total. The van der Waals surface area contributed by atoms with E-state index in [0.29, 0.717) is 0 Å². The topological polar surface area (TPSA) is 46.2 Å². The van der Waals surface area contributed by atoms with Crippen LogP contribution >= 0.6 is 0 Å². The van der Waals surface area contributed by atoms with Crippen molar-refractivity contribution in [2.75, 3.05) is 35.5 Å². The van der Waals surface area contributed by atoms with Crippen molar-refractivity contribution in [1.29, 1.82) is 0 Å². The first kappa shape index (κ1) is 17.2. The molecule has 5 heteroatoms. The van der Waals surface area contributed by atoms with Crippen LogP contribution in [0.15, 0.2) is 0 Å². The van der Waals surface area contributed by atoms with Crippen LogP contribution in [0.1, 0.15) is 20.8 Å². The van der Waals surface area contributed by atoms with Crippen LogP contribution in [0, 0.1) is 0 Å². The van der Waals surface area contributed by atoms with Crippen LogP contribution in [-0.2, 0) is 23.7 Å². The lowest BCUT2D eigenvalue weighted by atomic mass is 10.4. The Hall–Kier alpha value is -0.200. The summed E-state index contributed by atoms with van der Waals surface area (Å²) in [5.41, 5.74) is 0. The Bertz CT molecular complexity index is 128. The molecule has 0 rings (SSSR count). The molecule has 0 spiro atoms. The maximum absolute atomic E-state index is 4.86. The van der Waals surface area contributed by atoms with Crippen LogP contribution in [0.25, 0.3) is 0 Å².